The fraction of sp³-hybridized carbons (Fsp3) is 0. The van der Waals surface area contributed by atoms with Gasteiger partial charge in [0.15, 0.2) is 0 Å². The van der Waals surface area contributed by atoms with Crippen LogP contribution in [0.3, 0.4) is 0 Å². The molecule has 0 spiro atoms. The van der Waals surface area contributed by atoms with Crippen molar-refractivity contribution in [1.82, 2.24) is 4.98 Å². The maximum atomic E-state index is 10.3. The van der Waals surface area contributed by atoms with Crippen LogP contribution in [-0.4, -0.2) is 19.8 Å². The van der Waals surface area contributed by atoms with Gasteiger partial charge in [-0.2, -0.15) is 0 Å². The molecule has 0 aliphatic carbocycles. The van der Waals surface area contributed by atoms with Gasteiger partial charge in [-0.15, -0.1) is 0 Å². The van der Waals surface area contributed by atoms with Crippen molar-refractivity contribution >= 4 is 17.3 Å². The van der Waals surface area contributed by atoms with E-state index >= 15 is 0 Å². The molecule has 0 N–H and O–H groups in total. The van der Waals surface area contributed by atoms with Crippen LogP contribution in [0.1, 0.15) is 0 Å². The molecule has 10 nitrogen and oxygen atoms in total. The van der Waals surface area contributed by atoms with Gasteiger partial charge in [0.25, 0.3) is 0 Å². The lowest BCUT2D eigenvalue weighted by molar-refractivity contribution is -0.429. The molecular formula is C5H2N4O6. The topological polar surface area (TPSA) is 142 Å². The Morgan fingerprint density at radius 1 is 0.933 bits per heavy atom. The SMILES string of the molecule is O=[N+]([O-])c1ccc([N+](=O)[O-])c([N+](=O)[O-])n1. The van der Waals surface area contributed by atoms with Crippen molar-refractivity contribution in [3.05, 3.63) is 42.5 Å². The summed E-state index contributed by atoms with van der Waals surface area (Å²) in [5.41, 5.74) is -0.884. The standard InChI is InChI=1S/C5H2N4O6/c10-7(11)3-1-2-4(8(12)13)6-5(3)9(14)15/h1-2H. The fourth-order valence-electron chi connectivity index (χ4n) is 0.810. The highest BCUT2D eigenvalue weighted by Crippen LogP contribution is 2.26. The molecule has 0 saturated carbocycles. The van der Waals surface area contributed by atoms with Crippen LogP contribution >= 0.6 is 0 Å². The van der Waals surface area contributed by atoms with Crippen molar-refractivity contribution < 1.29 is 14.8 Å². The van der Waals surface area contributed by atoms with Gasteiger partial charge in [0, 0.05) is 17.1 Å². The van der Waals surface area contributed by atoms with Crippen molar-refractivity contribution in [2.45, 2.75) is 0 Å². The highest BCUT2D eigenvalue weighted by molar-refractivity contribution is 5.49. The lowest BCUT2D eigenvalue weighted by Gasteiger charge is -1.95. The van der Waals surface area contributed by atoms with Gasteiger partial charge in [-0.25, -0.2) is 0 Å². The van der Waals surface area contributed by atoms with E-state index in [2.05, 4.69) is 4.98 Å². The first kappa shape index (κ1) is 10.4. The van der Waals surface area contributed by atoms with Gasteiger partial charge >= 0.3 is 17.3 Å². The third-order valence-corrected chi connectivity index (χ3v) is 1.40. The fourth-order valence-corrected chi connectivity index (χ4v) is 0.810. The largest absolute Gasteiger partial charge is 0.446 e. The van der Waals surface area contributed by atoms with E-state index in [1.807, 2.05) is 0 Å². The summed E-state index contributed by atoms with van der Waals surface area (Å²) in [7, 11) is 0. The summed E-state index contributed by atoms with van der Waals surface area (Å²) in [5, 5.41) is 30.8. The molecule has 0 amide bonds. The minimum Gasteiger partial charge on any atom is -0.358 e. The molecule has 15 heavy (non-hydrogen) atoms. The van der Waals surface area contributed by atoms with E-state index < -0.39 is 32.1 Å². The van der Waals surface area contributed by atoms with Crippen LogP contribution in [0.5, 0.6) is 0 Å². The number of nitro groups is 3. The Morgan fingerprint density at radius 2 is 1.53 bits per heavy atom. The molecule has 1 aromatic heterocycles. The summed E-state index contributed by atoms with van der Waals surface area (Å²) < 4.78 is 0. The third-order valence-electron chi connectivity index (χ3n) is 1.40. The molecule has 0 bridgehead atoms. The van der Waals surface area contributed by atoms with Crippen LogP contribution in [0.4, 0.5) is 17.3 Å². The second-order valence-electron chi connectivity index (χ2n) is 2.28. The Kier molecular flexibility index (Phi) is 2.51. The monoisotopic (exact) mass is 214 g/mol. The van der Waals surface area contributed by atoms with Crippen molar-refractivity contribution in [3.8, 4) is 0 Å². The van der Waals surface area contributed by atoms with Gasteiger partial charge in [0.1, 0.15) is 0 Å². The Labute approximate surface area is 80.6 Å². The van der Waals surface area contributed by atoms with Crippen LogP contribution in [0.15, 0.2) is 12.1 Å². The predicted octanol–water partition coefficient (Wildman–Crippen LogP) is 0.806. The molecule has 10 heteroatoms. The van der Waals surface area contributed by atoms with Crippen LogP contribution in [0, 0.1) is 30.3 Å². The van der Waals surface area contributed by atoms with Gasteiger partial charge in [-0.3, -0.25) is 10.1 Å². The minimum absolute atomic E-state index is 0.670. The highest BCUT2D eigenvalue weighted by atomic mass is 16.6. The second kappa shape index (κ2) is 3.61. The summed E-state index contributed by atoms with van der Waals surface area (Å²) in [4.78, 5) is 30.6. The van der Waals surface area contributed by atoms with E-state index in [0.29, 0.717) is 6.07 Å². The zero-order chi connectivity index (χ0) is 11.6. The van der Waals surface area contributed by atoms with Crippen LogP contribution in [0.25, 0.3) is 0 Å². The number of hydrogen-bond donors (Lipinski definition) is 0. The average Bonchev–Trinajstić information content (AvgIpc) is 2.16. The lowest BCUT2D eigenvalue weighted by atomic mass is 10.4. The maximum Gasteiger partial charge on any atom is 0.446 e. The summed E-state index contributed by atoms with van der Waals surface area (Å²) >= 11 is 0. The molecule has 0 saturated heterocycles. The van der Waals surface area contributed by atoms with E-state index in [9.17, 15) is 30.3 Å². The van der Waals surface area contributed by atoms with E-state index in [0.717, 1.165) is 6.07 Å². The molecule has 0 aliphatic rings. The predicted molar refractivity (Wildman–Crippen MR) is 44.2 cm³/mol. The lowest BCUT2D eigenvalue weighted by Crippen LogP contribution is -2.01. The zero-order valence-corrected chi connectivity index (χ0v) is 6.89. The molecule has 0 aromatic carbocycles. The van der Waals surface area contributed by atoms with E-state index in [4.69, 9.17) is 0 Å². The number of nitrogens with zero attached hydrogens (tertiary/aromatic N) is 4. The van der Waals surface area contributed by atoms with E-state index in [-0.39, 0.29) is 0 Å². The molecule has 0 atom stereocenters. The summed E-state index contributed by atoms with van der Waals surface area (Å²) in [6.07, 6.45) is 0. The van der Waals surface area contributed by atoms with Crippen LogP contribution in [-0.2, 0) is 0 Å². The molecule has 1 rings (SSSR count). The maximum absolute atomic E-state index is 10.3. The van der Waals surface area contributed by atoms with Crippen molar-refractivity contribution in [2.75, 3.05) is 0 Å². The Hall–Kier alpha value is -2.65. The number of pyridine rings is 1. The summed E-state index contributed by atoms with van der Waals surface area (Å²) in [5.74, 6) is -1.96. The van der Waals surface area contributed by atoms with Crippen molar-refractivity contribution in [3.63, 3.8) is 0 Å². The first-order valence-corrected chi connectivity index (χ1v) is 3.37. The first-order valence-electron chi connectivity index (χ1n) is 3.37. The number of rotatable bonds is 3. The number of hydrogen-bond acceptors (Lipinski definition) is 7. The third kappa shape index (κ3) is 1.99. The van der Waals surface area contributed by atoms with Crippen molar-refractivity contribution in [2.24, 2.45) is 0 Å². The molecule has 1 heterocycles. The Bertz CT molecular complexity index is 457. The molecular weight excluding hydrogens is 212 g/mol. The Balaban J connectivity index is 3.40. The second-order valence-corrected chi connectivity index (χ2v) is 2.28. The molecule has 1 aromatic rings. The molecule has 78 valence electrons. The normalized spacial score (nSPS) is 9.60. The molecule has 0 radical (unpaired) electrons. The first-order chi connectivity index (χ1) is 6.93. The smallest absolute Gasteiger partial charge is 0.358 e. The zero-order valence-electron chi connectivity index (χ0n) is 6.89. The Morgan fingerprint density at radius 3 is 1.93 bits per heavy atom. The minimum atomic E-state index is -1.15. The molecule has 0 fully saturated rings. The van der Waals surface area contributed by atoms with E-state index in [1.54, 1.807) is 0 Å². The van der Waals surface area contributed by atoms with Gasteiger partial charge in [0.2, 0.25) is 0 Å². The summed E-state index contributed by atoms with van der Waals surface area (Å²) in [6, 6.07) is 1.40. The molecule has 0 aliphatic heterocycles. The quantitative estimate of drug-likeness (QED) is 0.534. The van der Waals surface area contributed by atoms with Gasteiger partial charge in [0.05, 0.1) is 4.92 Å². The van der Waals surface area contributed by atoms with E-state index in [1.165, 1.54) is 0 Å². The molecule has 0 unspecified atom stereocenters. The van der Waals surface area contributed by atoms with Crippen molar-refractivity contribution in [1.29, 1.82) is 0 Å². The summed E-state index contributed by atoms with van der Waals surface area (Å²) in [6.45, 7) is 0. The van der Waals surface area contributed by atoms with Gasteiger partial charge in [-0.05, 0) is 9.85 Å². The van der Waals surface area contributed by atoms with Crippen LogP contribution in [0.2, 0.25) is 0 Å². The average molecular weight is 214 g/mol. The number of aromatic nitrogens is 1. The van der Waals surface area contributed by atoms with Gasteiger partial charge < -0.3 is 20.2 Å². The highest BCUT2D eigenvalue weighted by Gasteiger charge is 2.28. The van der Waals surface area contributed by atoms with Crippen LogP contribution < -0.4 is 0 Å². The van der Waals surface area contributed by atoms with Gasteiger partial charge in [-0.1, -0.05) is 0 Å².